The van der Waals surface area contributed by atoms with Gasteiger partial charge in [-0.1, -0.05) is 26.8 Å². The highest BCUT2D eigenvalue weighted by molar-refractivity contribution is 7.89. The fourth-order valence-electron chi connectivity index (χ4n) is 1.55. The molecule has 0 saturated heterocycles. The van der Waals surface area contributed by atoms with Crippen LogP contribution in [0.25, 0.3) is 0 Å². The number of ether oxygens (including phenoxy) is 1. The lowest BCUT2D eigenvalue weighted by atomic mass is 10.1. The number of hydrogen-bond acceptors (Lipinski definition) is 4. The molecule has 19 heavy (non-hydrogen) atoms. The zero-order valence-electron chi connectivity index (χ0n) is 11.3. The van der Waals surface area contributed by atoms with Crippen LogP contribution in [0.4, 0.5) is 0 Å². The maximum Gasteiger partial charge on any atom is 0.338 e. The third-order valence-electron chi connectivity index (χ3n) is 2.56. The summed E-state index contributed by atoms with van der Waals surface area (Å²) in [6.07, 6.45) is 0.608. The van der Waals surface area contributed by atoms with E-state index in [1.165, 1.54) is 12.1 Å². The first-order valence-electron chi connectivity index (χ1n) is 6.08. The molecule has 106 valence electrons. The molecule has 0 fully saturated rings. The summed E-state index contributed by atoms with van der Waals surface area (Å²) in [4.78, 5) is 11.9. The predicted octanol–water partition coefficient (Wildman–Crippen LogP) is 1.71. The molecule has 6 heteroatoms. The first-order chi connectivity index (χ1) is 8.75. The Hall–Kier alpha value is -1.40. The summed E-state index contributed by atoms with van der Waals surface area (Å²) < 4.78 is 27.7. The number of rotatable bonds is 5. The topological polar surface area (TPSA) is 86.5 Å². The van der Waals surface area contributed by atoms with Crippen molar-refractivity contribution in [3.05, 3.63) is 29.3 Å². The minimum atomic E-state index is -3.82. The van der Waals surface area contributed by atoms with E-state index in [0.717, 1.165) is 5.56 Å². The van der Waals surface area contributed by atoms with Crippen molar-refractivity contribution in [2.75, 3.05) is 6.61 Å². The maximum absolute atomic E-state index is 12.0. The Morgan fingerprint density at radius 2 is 2.00 bits per heavy atom. The highest BCUT2D eigenvalue weighted by Crippen LogP contribution is 2.17. The van der Waals surface area contributed by atoms with Gasteiger partial charge in [0.25, 0.3) is 0 Å². The highest BCUT2D eigenvalue weighted by Gasteiger charge is 2.17. The van der Waals surface area contributed by atoms with E-state index in [1.807, 2.05) is 20.8 Å². The molecule has 0 saturated carbocycles. The molecule has 1 aromatic carbocycles. The first-order valence-corrected chi connectivity index (χ1v) is 7.63. The van der Waals surface area contributed by atoms with Gasteiger partial charge in [-0.15, -0.1) is 0 Å². The van der Waals surface area contributed by atoms with Crippen LogP contribution in [0.3, 0.4) is 0 Å². The van der Waals surface area contributed by atoms with Crippen LogP contribution in [-0.2, 0) is 21.2 Å². The van der Waals surface area contributed by atoms with Gasteiger partial charge in [0.2, 0.25) is 10.0 Å². The van der Waals surface area contributed by atoms with Gasteiger partial charge in [0.05, 0.1) is 17.1 Å². The molecule has 2 N–H and O–H groups in total. The largest absolute Gasteiger partial charge is 0.462 e. The van der Waals surface area contributed by atoms with Gasteiger partial charge in [0, 0.05) is 0 Å². The number of hydrogen-bond donors (Lipinski definition) is 1. The Morgan fingerprint density at radius 1 is 1.37 bits per heavy atom. The van der Waals surface area contributed by atoms with E-state index in [0.29, 0.717) is 13.0 Å². The molecule has 0 atom stereocenters. The summed E-state index contributed by atoms with van der Waals surface area (Å²) in [5.74, 6) is -0.300. The number of nitrogens with two attached hydrogens (primary N) is 1. The molecule has 0 spiro atoms. The molecule has 0 aliphatic rings. The summed E-state index contributed by atoms with van der Waals surface area (Å²) in [6, 6.07) is 4.26. The van der Waals surface area contributed by atoms with E-state index >= 15 is 0 Å². The summed E-state index contributed by atoms with van der Waals surface area (Å²) in [5, 5.41) is 5.06. The standard InChI is InChI=1S/C13H19NO4S/c1-4-10-5-6-11(19(14,16)17)7-12(10)13(15)18-8-9(2)3/h5-7,9H,4,8H2,1-3H3,(H2,14,16,17). The van der Waals surface area contributed by atoms with Crippen LogP contribution in [0, 0.1) is 5.92 Å². The molecule has 0 unspecified atom stereocenters. The molecule has 0 aromatic heterocycles. The maximum atomic E-state index is 12.0. The van der Waals surface area contributed by atoms with Crippen molar-refractivity contribution in [3.8, 4) is 0 Å². The average Bonchev–Trinajstić information content (AvgIpc) is 2.33. The number of sulfonamides is 1. The van der Waals surface area contributed by atoms with Gasteiger partial charge in [-0.25, -0.2) is 18.4 Å². The van der Waals surface area contributed by atoms with Crippen LogP contribution in [0.1, 0.15) is 36.7 Å². The summed E-state index contributed by atoms with van der Waals surface area (Å²) in [6.45, 7) is 6.02. The van der Waals surface area contributed by atoms with Crippen molar-refractivity contribution in [1.29, 1.82) is 0 Å². The van der Waals surface area contributed by atoms with Crippen LogP contribution >= 0.6 is 0 Å². The molecular formula is C13H19NO4S. The fourth-order valence-corrected chi connectivity index (χ4v) is 2.09. The van der Waals surface area contributed by atoms with Gasteiger partial charge in [-0.2, -0.15) is 0 Å². The molecule has 0 heterocycles. The number of esters is 1. The van der Waals surface area contributed by atoms with Gasteiger partial charge in [-0.3, -0.25) is 0 Å². The van der Waals surface area contributed by atoms with E-state index in [9.17, 15) is 13.2 Å². The van der Waals surface area contributed by atoms with E-state index < -0.39 is 16.0 Å². The number of primary sulfonamides is 1. The normalized spacial score (nSPS) is 11.6. The van der Waals surface area contributed by atoms with Crippen LogP contribution in [0.5, 0.6) is 0 Å². The van der Waals surface area contributed by atoms with Gasteiger partial charge in [-0.05, 0) is 30.0 Å². The molecular weight excluding hydrogens is 266 g/mol. The molecule has 0 bridgehead atoms. The number of aryl methyl sites for hydroxylation is 1. The summed E-state index contributed by atoms with van der Waals surface area (Å²) in [7, 11) is -3.82. The van der Waals surface area contributed by atoms with E-state index in [1.54, 1.807) is 6.07 Å². The smallest absolute Gasteiger partial charge is 0.338 e. The van der Waals surface area contributed by atoms with Gasteiger partial charge in [0.15, 0.2) is 0 Å². The predicted molar refractivity (Wildman–Crippen MR) is 72.3 cm³/mol. The second-order valence-electron chi connectivity index (χ2n) is 4.71. The Morgan fingerprint density at radius 3 is 2.47 bits per heavy atom. The van der Waals surface area contributed by atoms with E-state index in [2.05, 4.69) is 0 Å². The Balaban J connectivity index is 3.13. The number of benzene rings is 1. The van der Waals surface area contributed by atoms with Gasteiger partial charge >= 0.3 is 5.97 Å². The Labute approximate surface area is 113 Å². The van der Waals surface area contributed by atoms with Crippen LogP contribution in [-0.4, -0.2) is 21.0 Å². The molecule has 1 aromatic rings. The van der Waals surface area contributed by atoms with Gasteiger partial charge < -0.3 is 4.74 Å². The molecule has 0 aliphatic heterocycles. The summed E-state index contributed by atoms with van der Waals surface area (Å²) >= 11 is 0. The lowest BCUT2D eigenvalue weighted by molar-refractivity contribution is 0.0457. The number of carbonyl (C=O) groups is 1. The van der Waals surface area contributed by atoms with Gasteiger partial charge in [0.1, 0.15) is 0 Å². The summed E-state index contributed by atoms with van der Waals surface area (Å²) in [5.41, 5.74) is 0.996. The van der Waals surface area contributed by atoms with Crippen molar-refractivity contribution >= 4 is 16.0 Å². The molecule has 1 rings (SSSR count). The van der Waals surface area contributed by atoms with Crippen molar-refractivity contribution in [3.63, 3.8) is 0 Å². The average molecular weight is 285 g/mol. The lowest BCUT2D eigenvalue weighted by Crippen LogP contribution is -2.16. The lowest BCUT2D eigenvalue weighted by Gasteiger charge is -2.11. The monoisotopic (exact) mass is 285 g/mol. The minimum absolute atomic E-state index is 0.0822. The van der Waals surface area contributed by atoms with E-state index in [4.69, 9.17) is 9.88 Å². The minimum Gasteiger partial charge on any atom is -0.462 e. The molecule has 5 nitrogen and oxygen atoms in total. The second-order valence-corrected chi connectivity index (χ2v) is 6.27. The van der Waals surface area contributed by atoms with E-state index in [-0.39, 0.29) is 16.4 Å². The van der Waals surface area contributed by atoms with Crippen LogP contribution < -0.4 is 5.14 Å². The third-order valence-corrected chi connectivity index (χ3v) is 3.47. The number of carbonyl (C=O) groups excluding carboxylic acids is 1. The Bertz CT molecular complexity index is 564. The Kier molecular flexibility index (Phi) is 5.08. The quantitative estimate of drug-likeness (QED) is 0.834. The fraction of sp³-hybridized carbons (Fsp3) is 0.462. The second kappa shape index (κ2) is 6.16. The van der Waals surface area contributed by atoms with Crippen molar-refractivity contribution in [2.45, 2.75) is 32.1 Å². The highest BCUT2D eigenvalue weighted by atomic mass is 32.2. The zero-order valence-corrected chi connectivity index (χ0v) is 12.2. The van der Waals surface area contributed by atoms with Crippen molar-refractivity contribution in [1.82, 2.24) is 0 Å². The molecule has 0 aliphatic carbocycles. The first kappa shape index (κ1) is 15.7. The molecule has 0 radical (unpaired) electrons. The van der Waals surface area contributed by atoms with Crippen LogP contribution in [0.2, 0.25) is 0 Å². The zero-order chi connectivity index (χ0) is 14.6. The third kappa shape index (κ3) is 4.33. The van der Waals surface area contributed by atoms with Crippen LogP contribution in [0.15, 0.2) is 23.1 Å². The molecule has 0 amide bonds. The van der Waals surface area contributed by atoms with Crippen molar-refractivity contribution < 1.29 is 17.9 Å². The van der Waals surface area contributed by atoms with Crippen molar-refractivity contribution in [2.24, 2.45) is 11.1 Å². The SMILES string of the molecule is CCc1ccc(S(N)(=O)=O)cc1C(=O)OCC(C)C.